The topological polar surface area (TPSA) is 38.1 Å². The third-order valence-corrected chi connectivity index (χ3v) is 3.93. The lowest BCUT2D eigenvalue weighted by Gasteiger charge is -2.05. The van der Waals surface area contributed by atoms with Crippen molar-refractivity contribution in [3.05, 3.63) is 78.0 Å². The smallest absolute Gasteiger partial charge is 0.246 e. The second-order valence-corrected chi connectivity index (χ2v) is 6.15. The molecule has 1 aromatic heterocycles. The van der Waals surface area contributed by atoms with Gasteiger partial charge in [0.05, 0.1) is 11.4 Å². The van der Waals surface area contributed by atoms with Crippen LogP contribution in [-0.4, -0.2) is 34.7 Å². The normalized spacial score (nSPS) is 11.0. The minimum atomic E-state index is -0.0534. The van der Waals surface area contributed by atoms with Crippen molar-refractivity contribution in [3.8, 4) is 16.9 Å². The summed E-state index contributed by atoms with van der Waals surface area (Å²) >= 11 is 0. The summed E-state index contributed by atoms with van der Waals surface area (Å²) in [5.74, 6) is -0.0534. The number of benzene rings is 2. The lowest BCUT2D eigenvalue weighted by Crippen LogP contribution is -2.18. The van der Waals surface area contributed by atoms with Gasteiger partial charge in [-0.3, -0.25) is 4.79 Å². The molecule has 4 nitrogen and oxygen atoms in total. The number of carbonyl (C=O) groups excluding carboxylic acids is 1. The lowest BCUT2D eigenvalue weighted by molar-refractivity contribution is -0.123. The van der Waals surface area contributed by atoms with Crippen molar-refractivity contribution in [1.29, 1.82) is 0 Å². The maximum atomic E-state index is 11.9. The largest absolute Gasteiger partial charge is 0.345 e. The highest BCUT2D eigenvalue weighted by atomic mass is 16.2. The van der Waals surface area contributed by atoms with E-state index in [0.717, 1.165) is 22.5 Å². The molecule has 126 valence electrons. The van der Waals surface area contributed by atoms with Crippen molar-refractivity contribution >= 4 is 12.0 Å². The molecule has 0 saturated carbocycles. The summed E-state index contributed by atoms with van der Waals surface area (Å²) in [5, 5.41) is 4.74. The summed E-state index contributed by atoms with van der Waals surface area (Å²) in [7, 11) is 3.47. The van der Waals surface area contributed by atoms with Crippen LogP contribution >= 0.6 is 0 Å². The molecule has 0 aliphatic rings. The first-order valence-electron chi connectivity index (χ1n) is 8.16. The molecule has 0 aliphatic carbocycles. The Morgan fingerprint density at radius 3 is 2.36 bits per heavy atom. The van der Waals surface area contributed by atoms with E-state index in [0.29, 0.717) is 0 Å². The van der Waals surface area contributed by atoms with Crippen molar-refractivity contribution in [1.82, 2.24) is 14.7 Å². The van der Waals surface area contributed by atoms with Crippen molar-refractivity contribution in [2.75, 3.05) is 14.1 Å². The van der Waals surface area contributed by atoms with Gasteiger partial charge in [0, 0.05) is 37.5 Å². The fourth-order valence-electron chi connectivity index (χ4n) is 2.47. The van der Waals surface area contributed by atoms with Crippen LogP contribution in [0.3, 0.4) is 0 Å². The fourth-order valence-corrected chi connectivity index (χ4v) is 2.47. The fraction of sp³-hybridized carbons (Fsp3) is 0.143. The summed E-state index contributed by atoms with van der Waals surface area (Å²) in [6.07, 6.45) is 5.35. The first kappa shape index (κ1) is 16.7. The maximum Gasteiger partial charge on any atom is 0.246 e. The van der Waals surface area contributed by atoms with E-state index < -0.39 is 0 Å². The number of hydrogen-bond acceptors (Lipinski definition) is 2. The highest BCUT2D eigenvalue weighted by Gasteiger charge is 2.11. The van der Waals surface area contributed by atoms with E-state index in [9.17, 15) is 4.79 Å². The van der Waals surface area contributed by atoms with Gasteiger partial charge in [-0.1, -0.05) is 48.0 Å². The Labute approximate surface area is 148 Å². The number of rotatable bonds is 4. The summed E-state index contributed by atoms with van der Waals surface area (Å²) in [6, 6.07) is 18.2. The van der Waals surface area contributed by atoms with Gasteiger partial charge in [-0.15, -0.1) is 0 Å². The van der Waals surface area contributed by atoms with Crippen molar-refractivity contribution in [2.24, 2.45) is 0 Å². The van der Waals surface area contributed by atoms with E-state index in [1.54, 1.807) is 25.1 Å². The van der Waals surface area contributed by atoms with E-state index in [1.165, 1.54) is 5.56 Å². The van der Waals surface area contributed by atoms with Gasteiger partial charge >= 0.3 is 0 Å². The van der Waals surface area contributed by atoms with Crippen molar-refractivity contribution in [2.45, 2.75) is 6.92 Å². The molecule has 3 aromatic rings. The number of likely N-dealkylation sites (N-methyl/N-ethyl adjacent to an activating group) is 1. The van der Waals surface area contributed by atoms with Gasteiger partial charge in [0.15, 0.2) is 0 Å². The Kier molecular flexibility index (Phi) is 4.80. The van der Waals surface area contributed by atoms with Gasteiger partial charge in [0.2, 0.25) is 5.91 Å². The van der Waals surface area contributed by atoms with Gasteiger partial charge in [-0.05, 0) is 25.1 Å². The third-order valence-electron chi connectivity index (χ3n) is 3.93. The first-order valence-corrected chi connectivity index (χ1v) is 8.16. The Bertz CT molecular complexity index is 891. The van der Waals surface area contributed by atoms with Crippen LogP contribution in [0.2, 0.25) is 0 Å². The standard InChI is InChI=1S/C21H21N3O/c1-16-9-11-17(12-10-16)21-18(13-14-20(25)23(2)3)15-24(22-21)19-7-5-4-6-8-19/h4-15H,1-3H3/b14-13-. The highest BCUT2D eigenvalue weighted by Crippen LogP contribution is 2.25. The molecule has 2 aromatic carbocycles. The van der Waals surface area contributed by atoms with E-state index >= 15 is 0 Å². The van der Waals surface area contributed by atoms with Crippen LogP contribution in [0.5, 0.6) is 0 Å². The third kappa shape index (κ3) is 3.86. The lowest BCUT2D eigenvalue weighted by atomic mass is 10.1. The van der Waals surface area contributed by atoms with Gasteiger partial charge < -0.3 is 4.90 Å². The van der Waals surface area contributed by atoms with Gasteiger partial charge in [-0.25, -0.2) is 4.68 Å². The second kappa shape index (κ2) is 7.18. The molecule has 0 spiro atoms. The zero-order valence-electron chi connectivity index (χ0n) is 14.7. The predicted molar refractivity (Wildman–Crippen MR) is 101 cm³/mol. The van der Waals surface area contributed by atoms with E-state index in [2.05, 4.69) is 31.2 Å². The summed E-state index contributed by atoms with van der Waals surface area (Å²) in [6.45, 7) is 2.06. The molecule has 0 atom stereocenters. The quantitative estimate of drug-likeness (QED) is 0.679. The van der Waals surface area contributed by atoms with Crippen LogP contribution in [0, 0.1) is 6.92 Å². The average molecular weight is 331 g/mol. The molecule has 1 amide bonds. The predicted octanol–water partition coefficient (Wildman–Crippen LogP) is 3.95. The molecule has 1 heterocycles. The van der Waals surface area contributed by atoms with Crippen LogP contribution in [0.25, 0.3) is 23.0 Å². The number of carbonyl (C=O) groups is 1. The zero-order valence-corrected chi connectivity index (χ0v) is 14.7. The molecular formula is C21H21N3O. The molecular weight excluding hydrogens is 310 g/mol. The van der Waals surface area contributed by atoms with E-state index in [-0.39, 0.29) is 5.91 Å². The number of hydrogen-bond donors (Lipinski definition) is 0. The van der Waals surface area contributed by atoms with Gasteiger partial charge in [0.1, 0.15) is 0 Å². The second-order valence-electron chi connectivity index (χ2n) is 6.15. The Balaban J connectivity index is 2.06. The summed E-state index contributed by atoms with van der Waals surface area (Å²) in [4.78, 5) is 13.4. The highest BCUT2D eigenvalue weighted by molar-refractivity contribution is 5.92. The molecule has 0 unspecified atom stereocenters. The maximum absolute atomic E-state index is 11.9. The average Bonchev–Trinajstić information content (AvgIpc) is 3.05. The minimum Gasteiger partial charge on any atom is -0.345 e. The molecule has 0 saturated heterocycles. The van der Waals surface area contributed by atoms with Crippen molar-refractivity contribution < 1.29 is 4.79 Å². The molecule has 25 heavy (non-hydrogen) atoms. The number of nitrogens with zero attached hydrogens (tertiary/aromatic N) is 3. The molecule has 0 fully saturated rings. The molecule has 0 aliphatic heterocycles. The van der Waals surface area contributed by atoms with Gasteiger partial charge in [-0.2, -0.15) is 5.10 Å². The van der Waals surface area contributed by atoms with Crippen LogP contribution in [0.4, 0.5) is 0 Å². The van der Waals surface area contributed by atoms with Gasteiger partial charge in [0.25, 0.3) is 0 Å². The Morgan fingerprint density at radius 1 is 1.04 bits per heavy atom. The number of amides is 1. The van der Waals surface area contributed by atoms with Crippen molar-refractivity contribution in [3.63, 3.8) is 0 Å². The zero-order chi connectivity index (χ0) is 17.8. The van der Waals surface area contributed by atoms with Crippen LogP contribution in [0.1, 0.15) is 11.1 Å². The SMILES string of the molecule is Cc1ccc(-c2nn(-c3ccccc3)cc2/C=C\C(=O)N(C)C)cc1. The first-order chi connectivity index (χ1) is 12.0. The Hall–Kier alpha value is -3.14. The molecule has 0 bridgehead atoms. The molecule has 3 rings (SSSR count). The molecule has 0 N–H and O–H groups in total. The monoisotopic (exact) mass is 331 g/mol. The molecule has 4 heteroatoms. The minimum absolute atomic E-state index is 0.0534. The number of aromatic nitrogens is 2. The number of para-hydroxylation sites is 1. The van der Waals surface area contributed by atoms with E-state index in [4.69, 9.17) is 5.10 Å². The van der Waals surface area contributed by atoms with Crippen LogP contribution in [-0.2, 0) is 4.79 Å². The van der Waals surface area contributed by atoms with Crippen LogP contribution in [0.15, 0.2) is 66.9 Å². The molecule has 0 radical (unpaired) electrons. The summed E-state index contributed by atoms with van der Waals surface area (Å²) in [5.41, 5.74) is 4.97. The van der Waals surface area contributed by atoms with E-state index in [1.807, 2.05) is 47.3 Å². The van der Waals surface area contributed by atoms with Crippen LogP contribution < -0.4 is 0 Å². The summed E-state index contributed by atoms with van der Waals surface area (Å²) < 4.78 is 1.84. The number of aryl methyl sites for hydroxylation is 1. The Morgan fingerprint density at radius 2 is 1.72 bits per heavy atom.